The van der Waals surface area contributed by atoms with E-state index < -0.39 is 17.6 Å². The highest BCUT2D eigenvalue weighted by molar-refractivity contribution is 5.89. The lowest BCUT2D eigenvalue weighted by Crippen LogP contribution is -2.32. The van der Waals surface area contributed by atoms with Crippen molar-refractivity contribution in [2.24, 2.45) is 0 Å². The van der Waals surface area contributed by atoms with E-state index >= 15 is 0 Å². The van der Waals surface area contributed by atoms with Gasteiger partial charge < -0.3 is 19.1 Å². The van der Waals surface area contributed by atoms with Crippen molar-refractivity contribution in [2.75, 3.05) is 13.7 Å². The summed E-state index contributed by atoms with van der Waals surface area (Å²) in [6, 6.07) is 8.63. The predicted octanol–water partition coefficient (Wildman–Crippen LogP) is 1.56. The van der Waals surface area contributed by atoms with Gasteiger partial charge in [-0.2, -0.15) is 5.26 Å². The molecule has 2 rings (SSSR count). The monoisotopic (exact) mass is 356 g/mol. The highest BCUT2D eigenvalue weighted by Crippen LogP contribution is 2.22. The number of pyridine rings is 1. The first kappa shape index (κ1) is 19.2. The van der Waals surface area contributed by atoms with Gasteiger partial charge in [0.15, 0.2) is 0 Å². The molecule has 0 saturated heterocycles. The molecule has 26 heavy (non-hydrogen) atoms. The molecule has 0 amide bonds. The fraction of sp³-hybridized carbons (Fsp3) is 0.316. The molecule has 1 atom stereocenters. The fourth-order valence-electron chi connectivity index (χ4n) is 2.57. The third-order valence-electron chi connectivity index (χ3n) is 3.86. The number of ether oxygens (including phenoxy) is 2. The summed E-state index contributed by atoms with van der Waals surface area (Å²) in [5.41, 5.74) is 1.15. The van der Waals surface area contributed by atoms with Crippen LogP contribution in [0.2, 0.25) is 0 Å². The van der Waals surface area contributed by atoms with Gasteiger partial charge in [-0.3, -0.25) is 4.79 Å². The predicted molar refractivity (Wildman–Crippen MR) is 94.2 cm³/mol. The summed E-state index contributed by atoms with van der Waals surface area (Å²) in [5.74, 6) is 0.0106. The second-order valence-electron chi connectivity index (χ2n) is 5.89. The molecule has 7 heteroatoms. The topological polar surface area (TPSA) is 102 Å². The Kier molecular flexibility index (Phi) is 6.15. The summed E-state index contributed by atoms with van der Waals surface area (Å²) >= 11 is 0. The maximum absolute atomic E-state index is 12.2. The standard InChI is InChI=1S/C19H20N2O5/c1-12-5-4-6-13(2)17(12)26-11-16(22)10-21-9-15(19(24)25-3)7-14(8-20)18(21)23/h4-7,9,16,22H,10-11H2,1-3H3/t16-/m1/s1. The minimum Gasteiger partial charge on any atom is -0.490 e. The zero-order valence-electron chi connectivity index (χ0n) is 14.9. The lowest BCUT2D eigenvalue weighted by atomic mass is 10.1. The number of carbonyl (C=O) groups excluding carboxylic acids is 1. The molecule has 7 nitrogen and oxygen atoms in total. The van der Waals surface area contributed by atoms with Gasteiger partial charge in [-0.25, -0.2) is 4.79 Å². The summed E-state index contributed by atoms with van der Waals surface area (Å²) in [6.07, 6.45) is 0.253. The summed E-state index contributed by atoms with van der Waals surface area (Å²) in [5, 5.41) is 19.3. The number of rotatable bonds is 6. The third kappa shape index (κ3) is 4.29. The van der Waals surface area contributed by atoms with Crippen LogP contribution in [-0.4, -0.2) is 35.5 Å². The molecular weight excluding hydrogens is 336 g/mol. The molecule has 1 aromatic heterocycles. The quantitative estimate of drug-likeness (QED) is 0.788. The van der Waals surface area contributed by atoms with Crippen LogP contribution in [-0.2, 0) is 11.3 Å². The normalized spacial score (nSPS) is 11.5. The van der Waals surface area contributed by atoms with E-state index in [0.29, 0.717) is 5.75 Å². The van der Waals surface area contributed by atoms with Crippen molar-refractivity contribution in [3.63, 3.8) is 0 Å². The molecule has 0 unspecified atom stereocenters. The molecule has 1 N–H and O–H groups in total. The van der Waals surface area contributed by atoms with Gasteiger partial charge in [-0.05, 0) is 31.0 Å². The minimum atomic E-state index is -1.01. The number of nitriles is 1. The Bertz CT molecular complexity index is 891. The van der Waals surface area contributed by atoms with E-state index in [1.54, 1.807) is 6.07 Å². The first-order chi connectivity index (χ1) is 12.4. The van der Waals surface area contributed by atoms with E-state index in [1.807, 2.05) is 32.0 Å². The number of esters is 1. The van der Waals surface area contributed by atoms with Crippen molar-refractivity contribution in [1.29, 1.82) is 5.26 Å². The van der Waals surface area contributed by atoms with Crippen LogP contribution in [0, 0.1) is 25.2 Å². The van der Waals surface area contributed by atoms with Crippen LogP contribution in [0.4, 0.5) is 0 Å². The number of aromatic nitrogens is 1. The highest BCUT2D eigenvalue weighted by Gasteiger charge is 2.15. The van der Waals surface area contributed by atoms with Gasteiger partial charge in [0.1, 0.15) is 30.1 Å². The first-order valence-corrected chi connectivity index (χ1v) is 7.97. The number of benzene rings is 1. The number of aliphatic hydroxyl groups excluding tert-OH is 1. The Balaban J connectivity index is 2.18. The number of methoxy groups -OCH3 is 1. The second kappa shape index (κ2) is 8.32. The molecule has 1 heterocycles. The average molecular weight is 356 g/mol. The molecule has 0 aliphatic carbocycles. The molecule has 0 aliphatic rings. The number of nitrogens with zero attached hydrogens (tertiary/aromatic N) is 2. The van der Waals surface area contributed by atoms with Crippen molar-refractivity contribution in [3.8, 4) is 11.8 Å². The van der Waals surface area contributed by atoms with E-state index in [1.165, 1.54) is 19.4 Å². The Morgan fingerprint density at radius 1 is 1.35 bits per heavy atom. The number of hydrogen-bond donors (Lipinski definition) is 1. The third-order valence-corrected chi connectivity index (χ3v) is 3.86. The molecule has 0 bridgehead atoms. The van der Waals surface area contributed by atoms with Crippen LogP contribution in [0.1, 0.15) is 27.0 Å². The fourth-order valence-corrected chi connectivity index (χ4v) is 2.57. The van der Waals surface area contributed by atoms with Gasteiger partial charge in [-0.1, -0.05) is 18.2 Å². The molecule has 136 valence electrons. The SMILES string of the molecule is COC(=O)c1cc(C#N)c(=O)n(C[C@@H](O)COc2c(C)cccc2C)c1. The molecule has 1 aromatic carbocycles. The Hall–Kier alpha value is -3.11. The van der Waals surface area contributed by atoms with Gasteiger partial charge in [0.2, 0.25) is 0 Å². The maximum Gasteiger partial charge on any atom is 0.339 e. The van der Waals surface area contributed by atoms with Crippen molar-refractivity contribution in [3.05, 3.63) is 63.1 Å². The molecule has 0 fully saturated rings. The number of carbonyl (C=O) groups is 1. The van der Waals surface area contributed by atoms with Crippen LogP contribution in [0.25, 0.3) is 0 Å². The molecule has 0 spiro atoms. The number of para-hydroxylation sites is 1. The Labute approximate surface area is 151 Å². The van der Waals surface area contributed by atoms with E-state index in [-0.39, 0.29) is 24.3 Å². The minimum absolute atomic E-state index is 0.0392. The van der Waals surface area contributed by atoms with Gasteiger partial charge >= 0.3 is 5.97 Å². The van der Waals surface area contributed by atoms with E-state index in [4.69, 9.17) is 10.00 Å². The lowest BCUT2D eigenvalue weighted by molar-refractivity contribution is 0.0597. The van der Waals surface area contributed by atoms with E-state index in [0.717, 1.165) is 15.7 Å². The van der Waals surface area contributed by atoms with Crippen LogP contribution in [0.15, 0.2) is 35.3 Å². The molecular formula is C19H20N2O5. The number of aliphatic hydroxyl groups is 1. The lowest BCUT2D eigenvalue weighted by Gasteiger charge is -2.17. The smallest absolute Gasteiger partial charge is 0.339 e. The van der Waals surface area contributed by atoms with Crippen molar-refractivity contribution >= 4 is 5.97 Å². The molecule has 0 radical (unpaired) electrons. The summed E-state index contributed by atoms with van der Waals surface area (Å²) in [4.78, 5) is 23.9. The second-order valence-corrected chi connectivity index (χ2v) is 5.89. The van der Waals surface area contributed by atoms with Gasteiger partial charge in [-0.15, -0.1) is 0 Å². The van der Waals surface area contributed by atoms with Crippen molar-refractivity contribution in [1.82, 2.24) is 4.57 Å². The number of hydrogen-bond acceptors (Lipinski definition) is 6. The summed E-state index contributed by atoms with van der Waals surface area (Å²) in [6.45, 7) is 3.64. The molecule has 0 saturated carbocycles. The van der Waals surface area contributed by atoms with Gasteiger partial charge in [0.05, 0.1) is 19.2 Å². The number of aryl methyl sites for hydroxylation is 2. The Morgan fingerprint density at radius 3 is 2.58 bits per heavy atom. The zero-order chi connectivity index (χ0) is 19.3. The molecule has 2 aromatic rings. The van der Waals surface area contributed by atoms with Crippen LogP contribution < -0.4 is 10.3 Å². The van der Waals surface area contributed by atoms with E-state index in [2.05, 4.69) is 4.74 Å². The Morgan fingerprint density at radius 2 is 2.00 bits per heavy atom. The average Bonchev–Trinajstić information content (AvgIpc) is 2.62. The van der Waals surface area contributed by atoms with Crippen LogP contribution in [0.3, 0.4) is 0 Å². The van der Waals surface area contributed by atoms with E-state index in [9.17, 15) is 14.7 Å². The highest BCUT2D eigenvalue weighted by atomic mass is 16.5. The van der Waals surface area contributed by atoms with Gasteiger partial charge in [0.25, 0.3) is 5.56 Å². The summed E-state index contributed by atoms with van der Waals surface area (Å²) in [7, 11) is 1.21. The molecule has 0 aliphatic heterocycles. The van der Waals surface area contributed by atoms with Crippen LogP contribution in [0.5, 0.6) is 5.75 Å². The van der Waals surface area contributed by atoms with Crippen LogP contribution >= 0.6 is 0 Å². The van der Waals surface area contributed by atoms with Crippen molar-refractivity contribution < 1.29 is 19.4 Å². The maximum atomic E-state index is 12.2. The largest absolute Gasteiger partial charge is 0.490 e. The van der Waals surface area contributed by atoms with Gasteiger partial charge in [0, 0.05) is 6.20 Å². The van der Waals surface area contributed by atoms with Crippen molar-refractivity contribution in [2.45, 2.75) is 26.5 Å². The first-order valence-electron chi connectivity index (χ1n) is 7.97. The summed E-state index contributed by atoms with van der Waals surface area (Å²) < 4.78 is 11.4. The zero-order valence-corrected chi connectivity index (χ0v) is 14.9.